The lowest BCUT2D eigenvalue weighted by atomic mass is 9.97. The van der Waals surface area contributed by atoms with Crippen LogP contribution in [0.4, 0.5) is 5.82 Å². The summed E-state index contributed by atoms with van der Waals surface area (Å²) in [6, 6.07) is 11.4. The zero-order chi connectivity index (χ0) is 23.4. The number of nitrogen functional groups attached to an aromatic ring is 1. The lowest BCUT2D eigenvalue weighted by Gasteiger charge is -2.17. The lowest BCUT2D eigenvalue weighted by molar-refractivity contribution is -0.141. The summed E-state index contributed by atoms with van der Waals surface area (Å²) in [4.78, 5) is 8.36. The van der Waals surface area contributed by atoms with Gasteiger partial charge in [0, 0.05) is 11.3 Å². The molecule has 3 heterocycles. The van der Waals surface area contributed by atoms with E-state index < -0.39 is 5.79 Å². The molecular formula is C23H21N5O4S. The van der Waals surface area contributed by atoms with Gasteiger partial charge in [0.05, 0.1) is 17.9 Å². The summed E-state index contributed by atoms with van der Waals surface area (Å²) in [6.45, 7) is 4.54. The predicted octanol–water partition coefficient (Wildman–Crippen LogP) is 3.88. The molecule has 1 atom stereocenters. The molecule has 1 fully saturated rings. The summed E-state index contributed by atoms with van der Waals surface area (Å²) in [5.74, 6) is 0.533. The molecule has 1 aliphatic heterocycles. The first kappa shape index (κ1) is 22.6. The number of aromatic nitrogens is 2. The van der Waals surface area contributed by atoms with Gasteiger partial charge in [0.15, 0.2) is 12.2 Å². The van der Waals surface area contributed by atoms with Gasteiger partial charge in [0.25, 0.3) is 0 Å². The Balaban J connectivity index is 1.58. The molecular weight excluding hydrogens is 442 g/mol. The van der Waals surface area contributed by atoms with Crippen molar-refractivity contribution in [3.05, 3.63) is 53.7 Å². The minimum atomic E-state index is -0.607. The second-order valence-corrected chi connectivity index (χ2v) is 8.67. The average molecular weight is 464 g/mol. The zero-order valence-corrected chi connectivity index (χ0v) is 18.9. The van der Waals surface area contributed by atoms with Gasteiger partial charge >= 0.3 is 0 Å². The smallest absolute Gasteiger partial charge is 0.180 e. The second kappa shape index (κ2) is 9.51. The maximum Gasteiger partial charge on any atom is 0.180 e. The first-order chi connectivity index (χ1) is 15.9. The fourth-order valence-corrected chi connectivity index (χ4v) is 4.28. The number of ether oxygens (including phenoxy) is 3. The van der Waals surface area contributed by atoms with Crippen LogP contribution in [0.5, 0.6) is 5.75 Å². The van der Waals surface area contributed by atoms with Gasteiger partial charge in [0.1, 0.15) is 53.3 Å². The predicted molar refractivity (Wildman–Crippen MR) is 120 cm³/mol. The fourth-order valence-electron chi connectivity index (χ4n) is 3.39. The van der Waals surface area contributed by atoms with E-state index >= 15 is 0 Å². The van der Waals surface area contributed by atoms with Crippen LogP contribution in [-0.4, -0.2) is 35.1 Å². The van der Waals surface area contributed by atoms with Crippen LogP contribution in [0.15, 0.2) is 46.4 Å². The Hall–Kier alpha value is -3.57. The Morgan fingerprint density at radius 3 is 2.58 bits per heavy atom. The van der Waals surface area contributed by atoms with Gasteiger partial charge < -0.3 is 24.4 Å². The summed E-state index contributed by atoms with van der Waals surface area (Å²) in [5, 5.41) is 20.0. The molecule has 33 heavy (non-hydrogen) atoms. The number of hydrogen-bond acceptors (Lipinski definition) is 10. The van der Waals surface area contributed by atoms with Crippen molar-refractivity contribution in [1.82, 2.24) is 9.97 Å². The van der Waals surface area contributed by atoms with Crippen molar-refractivity contribution in [2.45, 2.75) is 36.5 Å². The number of anilines is 1. The van der Waals surface area contributed by atoms with Gasteiger partial charge in [-0.05, 0) is 31.5 Å². The van der Waals surface area contributed by atoms with Gasteiger partial charge in [-0.2, -0.15) is 10.5 Å². The molecule has 0 amide bonds. The summed E-state index contributed by atoms with van der Waals surface area (Å²) in [7, 11) is 0. The first-order valence-electron chi connectivity index (χ1n) is 10.1. The van der Waals surface area contributed by atoms with Crippen molar-refractivity contribution < 1.29 is 18.6 Å². The third-order valence-corrected chi connectivity index (χ3v) is 5.91. The highest BCUT2D eigenvalue weighted by atomic mass is 32.2. The molecule has 0 aliphatic carbocycles. The van der Waals surface area contributed by atoms with Crippen LogP contribution in [0.3, 0.4) is 0 Å². The third kappa shape index (κ3) is 5.10. The van der Waals surface area contributed by atoms with E-state index in [-0.39, 0.29) is 23.0 Å². The number of nitrogens with two attached hydrogens (primary N) is 1. The Kier molecular flexibility index (Phi) is 6.52. The third-order valence-electron chi connectivity index (χ3n) is 4.90. The van der Waals surface area contributed by atoms with Gasteiger partial charge in [-0.25, -0.2) is 9.97 Å². The number of pyridine rings is 1. The largest absolute Gasteiger partial charge is 0.491 e. The van der Waals surface area contributed by atoms with Crippen molar-refractivity contribution in [3.8, 4) is 29.0 Å². The quantitative estimate of drug-likeness (QED) is 0.513. The molecule has 1 aromatic carbocycles. The number of nitrogens with zero attached hydrogens (tertiary/aromatic N) is 4. The topological polar surface area (TPSA) is 140 Å². The molecule has 0 saturated carbocycles. The number of thioether (sulfide) groups is 1. The molecule has 0 radical (unpaired) electrons. The van der Waals surface area contributed by atoms with Crippen molar-refractivity contribution in [2.75, 3.05) is 18.9 Å². The van der Waals surface area contributed by atoms with E-state index in [1.807, 2.05) is 13.8 Å². The molecule has 1 unspecified atom stereocenters. The van der Waals surface area contributed by atoms with Crippen LogP contribution in [-0.2, 0) is 15.2 Å². The highest BCUT2D eigenvalue weighted by molar-refractivity contribution is 7.98. The highest BCUT2D eigenvalue weighted by Gasteiger charge is 2.33. The first-order valence-corrected chi connectivity index (χ1v) is 11.1. The van der Waals surface area contributed by atoms with E-state index in [9.17, 15) is 10.5 Å². The Morgan fingerprint density at radius 1 is 1.21 bits per heavy atom. The van der Waals surface area contributed by atoms with E-state index in [0.29, 0.717) is 46.6 Å². The molecule has 0 bridgehead atoms. The van der Waals surface area contributed by atoms with Crippen molar-refractivity contribution >= 4 is 17.6 Å². The number of nitriles is 2. The molecule has 0 spiro atoms. The Morgan fingerprint density at radius 2 is 1.97 bits per heavy atom. The minimum absolute atomic E-state index is 0.0653. The van der Waals surface area contributed by atoms with E-state index in [1.165, 1.54) is 24.4 Å². The molecule has 3 aromatic rings. The van der Waals surface area contributed by atoms with Crippen LogP contribution in [0.1, 0.15) is 30.7 Å². The summed E-state index contributed by atoms with van der Waals surface area (Å²) in [5.41, 5.74) is 8.31. The van der Waals surface area contributed by atoms with Crippen LogP contribution < -0.4 is 10.5 Å². The van der Waals surface area contributed by atoms with Crippen LogP contribution in [0, 0.1) is 22.7 Å². The Bertz CT molecular complexity index is 1210. The normalized spacial score (nSPS) is 16.8. The Labute approximate surface area is 195 Å². The zero-order valence-electron chi connectivity index (χ0n) is 18.1. The van der Waals surface area contributed by atoms with Gasteiger partial charge in [0.2, 0.25) is 0 Å². The van der Waals surface area contributed by atoms with Crippen molar-refractivity contribution in [2.24, 2.45) is 0 Å². The van der Waals surface area contributed by atoms with Crippen LogP contribution in [0.2, 0.25) is 0 Å². The minimum Gasteiger partial charge on any atom is -0.491 e. The van der Waals surface area contributed by atoms with E-state index in [1.54, 1.807) is 24.3 Å². The number of oxazole rings is 1. The standard InChI is InChI=1S/C23H21N5O4S/c1-23(2)31-11-17(32-23)10-30-16-5-3-14(4-6-16)20-18(7-24)21(26)28-22(19(20)8-25)33-12-15-9-29-13-27-15/h3-6,9,13,17H,10-12H2,1-2H3,(H2,26,28). The fraction of sp³-hybridized carbons (Fsp3) is 0.304. The molecule has 4 rings (SSSR count). The van der Waals surface area contributed by atoms with Crippen LogP contribution >= 0.6 is 11.8 Å². The van der Waals surface area contributed by atoms with Gasteiger partial charge in [-0.15, -0.1) is 0 Å². The highest BCUT2D eigenvalue weighted by Crippen LogP contribution is 2.37. The molecule has 168 valence electrons. The van der Waals surface area contributed by atoms with Crippen molar-refractivity contribution in [3.63, 3.8) is 0 Å². The van der Waals surface area contributed by atoms with E-state index in [0.717, 1.165) is 0 Å². The average Bonchev–Trinajstić information content (AvgIpc) is 3.45. The molecule has 1 aliphatic rings. The summed E-state index contributed by atoms with van der Waals surface area (Å²) < 4.78 is 22.1. The summed E-state index contributed by atoms with van der Waals surface area (Å²) in [6.07, 6.45) is 2.71. The van der Waals surface area contributed by atoms with E-state index in [4.69, 9.17) is 24.4 Å². The second-order valence-electron chi connectivity index (χ2n) is 7.71. The SMILES string of the molecule is CC1(C)OCC(COc2ccc(-c3c(C#N)c(N)nc(SCc4cocn4)c3C#N)cc2)O1. The maximum atomic E-state index is 9.89. The summed E-state index contributed by atoms with van der Waals surface area (Å²) >= 11 is 1.30. The maximum absolute atomic E-state index is 9.89. The molecule has 2 N–H and O–H groups in total. The van der Waals surface area contributed by atoms with E-state index in [2.05, 4.69) is 22.1 Å². The number of hydrogen-bond donors (Lipinski definition) is 1. The van der Waals surface area contributed by atoms with Gasteiger partial charge in [-0.1, -0.05) is 23.9 Å². The van der Waals surface area contributed by atoms with Crippen molar-refractivity contribution in [1.29, 1.82) is 10.5 Å². The monoisotopic (exact) mass is 463 g/mol. The van der Waals surface area contributed by atoms with Crippen LogP contribution in [0.25, 0.3) is 11.1 Å². The number of benzene rings is 1. The molecule has 2 aromatic heterocycles. The number of rotatable bonds is 7. The molecule has 10 heteroatoms. The molecule has 9 nitrogen and oxygen atoms in total. The molecule has 1 saturated heterocycles. The van der Waals surface area contributed by atoms with Gasteiger partial charge in [-0.3, -0.25) is 0 Å². The lowest BCUT2D eigenvalue weighted by Crippen LogP contribution is -2.25.